The summed E-state index contributed by atoms with van der Waals surface area (Å²) < 4.78 is 4.92. The van der Waals surface area contributed by atoms with Crippen LogP contribution in [0, 0.1) is 0 Å². The summed E-state index contributed by atoms with van der Waals surface area (Å²) in [7, 11) is 0. The fourth-order valence-electron chi connectivity index (χ4n) is 2.04. The molecule has 0 spiro atoms. The highest BCUT2D eigenvalue weighted by atomic mass is 16.5. The Bertz CT molecular complexity index is 375. The predicted octanol–water partition coefficient (Wildman–Crippen LogP) is 6.31. The average molecular weight is 319 g/mol. The van der Waals surface area contributed by atoms with Crippen molar-refractivity contribution >= 4 is 5.97 Å². The van der Waals surface area contributed by atoms with Crippen LogP contribution in [0.4, 0.5) is 0 Å². The Morgan fingerprint density at radius 3 is 2.04 bits per heavy atom. The molecule has 0 aliphatic heterocycles. The molecule has 0 aromatic carbocycles. The van der Waals surface area contributed by atoms with E-state index in [0.717, 1.165) is 12.8 Å². The molecular weight excluding hydrogens is 284 g/mol. The van der Waals surface area contributed by atoms with Gasteiger partial charge in [-0.15, -0.1) is 0 Å². The van der Waals surface area contributed by atoms with Crippen molar-refractivity contribution in [1.29, 1.82) is 0 Å². The van der Waals surface area contributed by atoms with Gasteiger partial charge in [-0.3, -0.25) is 0 Å². The number of allylic oxidation sites excluding steroid dienone is 7. The van der Waals surface area contributed by atoms with Gasteiger partial charge >= 0.3 is 5.97 Å². The monoisotopic (exact) mass is 318 g/mol. The Morgan fingerprint density at radius 1 is 0.739 bits per heavy atom. The fourth-order valence-corrected chi connectivity index (χ4v) is 2.04. The van der Waals surface area contributed by atoms with E-state index in [1.165, 1.54) is 51.0 Å². The number of ether oxygens (including phenoxy) is 1. The van der Waals surface area contributed by atoms with E-state index in [2.05, 4.69) is 19.1 Å². The second-order valence-electron chi connectivity index (χ2n) is 5.63. The molecule has 0 unspecified atom stereocenters. The van der Waals surface area contributed by atoms with Gasteiger partial charge in [-0.1, -0.05) is 94.9 Å². The van der Waals surface area contributed by atoms with E-state index < -0.39 is 0 Å². The first-order valence-electron chi connectivity index (χ1n) is 9.14. The quantitative estimate of drug-likeness (QED) is 0.162. The summed E-state index contributed by atoms with van der Waals surface area (Å²) in [5.41, 5.74) is 0. The van der Waals surface area contributed by atoms with E-state index >= 15 is 0 Å². The highest BCUT2D eigenvalue weighted by Crippen LogP contribution is 2.08. The lowest BCUT2D eigenvalue weighted by Gasteiger charge is -1.98. The Hall–Kier alpha value is -1.57. The average Bonchev–Trinajstić information content (AvgIpc) is 2.56. The number of carbonyl (C=O) groups excluding carboxylic acids is 1. The minimum Gasteiger partial charge on any atom is -0.463 e. The zero-order chi connectivity index (χ0) is 17.0. The molecule has 0 aliphatic rings. The van der Waals surface area contributed by atoms with Crippen molar-refractivity contribution in [2.75, 3.05) is 6.61 Å². The molecule has 0 atom stereocenters. The molecule has 0 saturated heterocycles. The van der Waals surface area contributed by atoms with Crippen LogP contribution in [0.1, 0.15) is 71.6 Å². The summed E-state index contributed by atoms with van der Waals surface area (Å²) in [6, 6.07) is 0. The molecule has 0 saturated carbocycles. The van der Waals surface area contributed by atoms with E-state index in [-0.39, 0.29) is 5.97 Å². The van der Waals surface area contributed by atoms with Crippen molar-refractivity contribution in [3.8, 4) is 0 Å². The number of hydrogen-bond donors (Lipinski definition) is 0. The normalized spacial score (nSPS) is 12.3. The molecule has 2 heteroatoms. The second kappa shape index (κ2) is 18.5. The molecule has 0 aromatic heterocycles. The van der Waals surface area contributed by atoms with Gasteiger partial charge < -0.3 is 4.74 Å². The van der Waals surface area contributed by atoms with Crippen LogP contribution in [0.25, 0.3) is 0 Å². The lowest BCUT2D eigenvalue weighted by Crippen LogP contribution is -2.00. The molecule has 0 heterocycles. The zero-order valence-electron chi connectivity index (χ0n) is 15.0. The van der Waals surface area contributed by atoms with Gasteiger partial charge in [-0.25, -0.2) is 4.79 Å². The molecule has 0 bridgehead atoms. The molecule has 130 valence electrons. The Kier molecular flexibility index (Phi) is 17.2. The number of unbranched alkanes of at least 4 members (excludes halogenated alkanes) is 7. The smallest absolute Gasteiger partial charge is 0.330 e. The maximum Gasteiger partial charge on any atom is 0.330 e. The Morgan fingerprint density at radius 2 is 1.35 bits per heavy atom. The van der Waals surface area contributed by atoms with Gasteiger partial charge in [0.05, 0.1) is 6.61 Å². The van der Waals surface area contributed by atoms with Crippen molar-refractivity contribution < 1.29 is 9.53 Å². The van der Waals surface area contributed by atoms with Gasteiger partial charge in [0, 0.05) is 6.08 Å². The highest BCUT2D eigenvalue weighted by Gasteiger charge is 1.91. The van der Waals surface area contributed by atoms with Crippen molar-refractivity contribution in [1.82, 2.24) is 0 Å². The van der Waals surface area contributed by atoms with E-state index in [0.29, 0.717) is 6.61 Å². The summed E-state index contributed by atoms with van der Waals surface area (Å²) in [5, 5.41) is 0. The summed E-state index contributed by atoms with van der Waals surface area (Å²) >= 11 is 0. The minimum absolute atomic E-state index is 0.282. The number of carbonyl (C=O) groups is 1. The third kappa shape index (κ3) is 18.4. The van der Waals surface area contributed by atoms with E-state index in [9.17, 15) is 4.79 Å². The van der Waals surface area contributed by atoms with Crippen molar-refractivity contribution in [2.24, 2.45) is 0 Å². The van der Waals surface area contributed by atoms with Gasteiger partial charge in [0.1, 0.15) is 0 Å². The first kappa shape index (κ1) is 21.4. The van der Waals surface area contributed by atoms with Gasteiger partial charge in [0.15, 0.2) is 0 Å². The summed E-state index contributed by atoms with van der Waals surface area (Å²) in [6.45, 7) is 4.71. The molecule has 0 amide bonds. The van der Waals surface area contributed by atoms with E-state index in [1.807, 2.05) is 31.2 Å². The molecule has 0 rings (SSSR count). The van der Waals surface area contributed by atoms with Crippen LogP contribution in [0.15, 0.2) is 48.6 Å². The van der Waals surface area contributed by atoms with Crippen LogP contribution < -0.4 is 0 Å². The second-order valence-corrected chi connectivity index (χ2v) is 5.63. The molecule has 2 nitrogen and oxygen atoms in total. The van der Waals surface area contributed by atoms with Gasteiger partial charge in [-0.2, -0.15) is 0 Å². The summed E-state index contributed by atoms with van der Waals surface area (Å²) in [5.74, 6) is -0.282. The topological polar surface area (TPSA) is 26.3 Å². The van der Waals surface area contributed by atoms with Crippen LogP contribution in [0.3, 0.4) is 0 Å². The molecular formula is C21H34O2. The molecule has 0 radical (unpaired) electrons. The SMILES string of the molecule is CCCCCCCCCC=CC=CC=CC=CC(=O)OCCC. The predicted molar refractivity (Wildman–Crippen MR) is 100 cm³/mol. The minimum atomic E-state index is -0.282. The Labute approximate surface area is 143 Å². The molecule has 23 heavy (non-hydrogen) atoms. The van der Waals surface area contributed by atoms with E-state index in [4.69, 9.17) is 4.74 Å². The van der Waals surface area contributed by atoms with Crippen LogP contribution >= 0.6 is 0 Å². The van der Waals surface area contributed by atoms with Crippen LogP contribution in [-0.4, -0.2) is 12.6 Å². The van der Waals surface area contributed by atoms with E-state index in [1.54, 1.807) is 6.08 Å². The molecule has 0 fully saturated rings. The largest absolute Gasteiger partial charge is 0.463 e. The standard InChI is InChI=1S/C21H34O2/c1-3-5-6-7-8-9-10-11-12-13-14-15-16-17-18-19-21(22)23-20-4-2/h12-19H,3-11,20H2,1-2H3. The molecule has 0 aliphatic carbocycles. The maximum atomic E-state index is 11.2. The van der Waals surface area contributed by atoms with Crippen LogP contribution in [0.2, 0.25) is 0 Å². The fraction of sp³-hybridized carbons (Fsp3) is 0.571. The van der Waals surface area contributed by atoms with Crippen LogP contribution in [0.5, 0.6) is 0 Å². The number of esters is 1. The maximum absolute atomic E-state index is 11.2. The Balaban J connectivity index is 3.52. The molecule has 0 N–H and O–H groups in total. The van der Waals surface area contributed by atoms with Crippen molar-refractivity contribution in [3.05, 3.63) is 48.6 Å². The summed E-state index contributed by atoms with van der Waals surface area (Å²) in [4.78, 5) is 11.2. The highest BCUT2D eigenvalue weighted by molar-refractivity contribution is 5.82. The third-order valence-electron chi connectivity index (χ3n) is 3.35. The third-order valence-corrected chi connectivity index (χ3v) is 3.35. The number of rotatable bonds is 14. The number of hydrogen-bond acceptors (Lipinski definition) is 2. The van der Waals surface area contributed by atoms with Gasteiger partial charge in [0.2, 0.25) is 0 Å². The van der Waals surface area contributed by atoms with Gasteiger partial charge in [0.25, 0.3) is 0 Å². The lowest BCUT2D eigenvalue weighted by atomic mass is 10.1. The van der Waals surface area contributed by atoms with Gasteiger partial charge in [-0.05, 0) is 19.3 Å². The summed E-state index contributed by atoms with van der Waals surface area (Å²) in [6.07, 6.45) is 26.7. The lowest BCUT2D eigenvalue weighted by molar-refractivity contribution is -0.137. The molecule has 0 aromatic rings. The first-order chi connectivity index (χ1) is 11.3. The zero-order valence-corrected chi connectivity index (χ0v) is 15.0. The first-order valence-corrected chi connectivity index (χ1v) is 9.14. The van der Waals surface area contributed by atoms with Crippen molar-refractivity contribution in [3.63, 3.8) is 0 Å². The van der Waals surface area contributed by atoms with Crippen molar-refractivity contribution in [2.45, 2.75) is 71.6 Å². The van der Waals surface area contributed by atoms with Crippen LogP contribution in [-0.2, 0) is 9.53 Å².